The van der Waals surface area contributed by atoms with Gasteiger partial charge < -0.3 is 24.9 Å². The summed E-state index contributed by atoms with van der Waals surface area (Å²) < 4.78 is 37.5. The Kier molecular flexibility index (Phi) is 8.47. The second kappa shape index (κ2) is 12.4. The Morgan fingerprint density at radius 1 is 0.808 bits per heavy atom. The number of aliphatic hydroxyl groups is 2. The topological polar surface area (TPSA) is 138 Å². The van der Waals surface area contributed by atoms with E-state index in [4.69, 9.17) is 21.8 Å². The largest absolute Gasteiger partial charge is 0.422 e. The average Bonchev–Trinajstić information content (AvgIpc) is 3.56. The SMILES string of the molecule is C#CC1(O)CCC2C3CCc4cc(OC(=O)C([NH3+])CS(=O)(=O)Oc5ccc6c(c5)CCC5C6CCC6(C)C5CCC6(O)C#C)ccc4C3CCC21C. The Balaban J connectivity index is 0.890. The van der Waals surface area contributed by atoms with Crippen LogP contribution in [0.25, 0.3) is 0 Å². The van der Waals surface area contributed by atoms with Crippen molar-refractivity contribution in [3.8, 4) is 36.2 Å². The van der Waals surface area contributed by atoms with Gasteiger partial charge in [-0.15, -0.1) is 12.8 Å². The lowest BCUT2D eigenvalue weighted by Crippen LogP contribution is -2.68. The number of terminal acetylenes is 2. The lowest BCUT2D eigenvalue weighted by Gasteiger charge is -2.52. The summed E-state index contributed by atoms with van der Waals surface area (Å²) in [6.45, 7) is 4.33. The van der Waals surface area contributed by atoms with Gasteiger partial charge in [-0.3, -0.25) is 0 Å². The maximum absolute atomic E-state index is 13.2. The highest BCUT2D eigenvalue weighted by Gasteiger charge is 2.62. The molecule has 0 aliphatic heterocycles. The van der Waals surface area contributed by atoms with Crippen molar-refractivity contribution in [2.75, 3.05) is 5.75 Å². The Hall–Kier alpha value is -3.34. The molecule has 0 amide bonds. The van der Waals surface area contributed by atoms with Crippen molar-refractivity contribution >= 4 is 16.1 Å². The van der Waals surface area contributed by atoms with Gasteiger partial charge >= 0.3 is 16.1 Å². The van der Waals surface area contributed by atoms with Crippen LogP contribution in [-0.4, -0.2) is 47.6 Å². The van der Waals surface area contributed by atoms with E-state index in [9.17, 15) is 23.4 Å². The van der Waals surface area contributed by atoms with E-state index >= 15 is 0 Å². The molecule has 0 spiro atoms. The number of rotatable bonds is 6. The maximum Gasteiger partial charge on any atom is 0.371 e. The molecule has 6 aliphatic rings. The van der Waals surface area contributed by atoms with Crippen LogP contribution in [0.3, 0.4) is 0 Å². The molecular weight excluding hydrogens is 675 g/mol. The molecule has 8 rings (SSSR count). The van der Waals surface area contributed by atoms with Crippen LogP contribution in [0.2, 0.25) is 0 Å². The van der Waals surface area contributed by atoms with Crippen LogP contribution in [0.15, 0.2) is 36.4 Å². The molecule has 52 heavy (non-hydrogen) atoms. The van der Waals surface area contributed by atoms with E-state index in [2.05, 4.69) is 31.4 Å². The fourth-order valence-electron chi connectivity index (χ4n) is 12.4. The first-order chi connectivity index (χ1) is 24.6. The Morgan fingerprint density at radius 2 is 1.29 bits per heavy atom. The van der Waals surface area contributed by atoms with E-state index in [1.165, 1.54) is 11.1 Å². The number of hydrogen-bond donors (Lipinski definition) is 3. The summed E-state index contributed by atoms with van der Waals surface area (Å²) in [7, 11) is -4.15. The second-order valence-electron chi connectivity index (χ2n) is 17.5. The predicted octanol–water partition coefficient (Wildman–Crippen LogP) is 5.05. The van der Waals surface area contributed by atoms with Crippen molar-refractivity contribution < 1.29 is 38.1 Å². The summed E-state index contributed by atoms with van der Waals surface area (Å²) >= 11 is 0. The van der Waals surface area contributed by atoms with Gasteiger partial charge in [0, 0.05) is 10.8 Å². The third kappa shape index (κ3) is 5.36. The molecule has 4 saturated carbocycles. The van der Waals surface area contributed by atoms with Crippen LogP contribution < -0.4 is 14.7 Å². The van der Waals surface area contributed by atoms with E-state index < -0.39 is 39.1 Å². The van der Waals surface area contributed by atoms with Crippen LogP contribution in [0.5, 0.6) is 11.5 Å². The first-order valence-electron chi connectivity index (χ1n) is 19.3. The molecule has 5 N–H and O–H groups in total. The van der Waals surface area contributed by atoms with Crippen LogP contribution in [-0.2, 0) is 27.8 Å². The van der Waals surface area contributed by atoms with E-state index in [-0.39, 0.29) is 16.6 Å². The third-order valence-corrected chi connectivity index (χ3v) is 16.6. The first-order valence-corrected chi connectivity index (χ1v) is 20.8. The molecule has 0 heterocycles. The minimum Gasteiger partial charge on any atom is -0.422 e. The molecule has 8 nitrogen and oxygen atoms in total. The molecule has 0 radical (unpaired) electrons. The normalized spacial score (nSPS) is 39.2. The third-order valence-electron chi connectivity index (χ3n) is 15.4. The zero-order valence-corrected chi connectivity index (χ0v) is 31.2. The van der Waals surface area contributed by atoms with Crippen LogP contribution in [0, 0.1) is 59.2 Å². The molecular formula is C43H52NO7S+. The summed E-state index contributed by atoms with van der Waals surface area (Å²) in [5.74, 6) is 7.09. The number of benzene rings is 2. The summed E-state index contributed by atoms with van der Waals surface area (Å²) in [4.78, 5) is 13.1. The molecule has 9 heteroatoms. The molecule has 2 aromatic carbocycles. The summed E-state index contributed by atoms with van der Waals surface area (Å²) in [6.07, 6.45) is 22.0. The standard InChI is InChI=1S/C43H51NO7S/c1-5-42(46)21-17-36-34-11-7-26-23-28(9-13-30(26)32(34)15-19-40(36,42)3)50-39(45)38(44)25-52(48,49)51-29-10-14-31-27(24-29)8-12-35-33(31)16-20-41(4)37(35)18-22-43(41,47)6-2/h1-2,9-10,13-14,23-24,32-38,46-47H,7-8,11-12,15-22,25,44H2,3-4H3/p+1. The number of quaternary nitrogens is 1. The van der Waals surface area contributed by atoms with Gasteiger partial charge in [0.25, 0.3) is 0 Å². The van der Waals surface area contributed by atoms with E-state index in [1.807, 2.05) is 24.3 Å². The summed E-state index contributed by atoms with van der Waals surface area (Å²) in [5.41, 5.74) is 5.93. The van der Waals surface area contributed by atoms with Crippen LogP contribution >= 0.6 is 0 Å². The Morgan fingerprint density at radius 3 is 1.79 bits per heavy atom. The molecule has 11 atom stereocenters. The maximum atomic E-state index is 13.2. The Bertz CT molecular complexity index is 2000. The number of fused-ring (bicyclic) bond motifs is 10. The van der Waals surface area contributed by atoms with E-state index in [1.54, 1.807) is 12.1 Å². The lowest BCUT2D eigenvalue weighted by molar-refractivity contribution is -0.400. The molecule has 0 aromatic heterocycles. The minimum absolute atomic E-state index is 0.235. The minimum atomic E-state index is -4.15. The highest BCUT2D eigenvalue weighted by molar-refractivity contribution is 7.87. The quantitative estimate of drug-likeness (QED) is 0.164. The van der Waals surface area contributed by atoms with Gasteiger partial charge in [-0.25, -0.2) is 4.79 Å². The van der Waals surface area contributed by atoms with E-state index in [0.717, 1.165) is 75.3 Å². The van der Waals surface area contributed by atoms with E-state index in [0.29, 0.717) is 54.1 Å². The van der Waals surface area contributed by atoms with Gasteiger partial charge in [0.05, 0.1) is 0 Å². The molecule has 4 fully saturated rings. The molecule has 6 aliphatic carbocycles. The second-order valence-corrected chi connectivity index (χ2v) is 19.1. The average molecular weight is 727 g/mol. The number of carbonyl (C=O) groups is 1. The van der Waals surface area contributed by atoms with Crippen LogP contribution in [0.4, 0.5) is 0 Å². The highest BCUT2D eigenvalue weighted by Crippen LogP contribution is 2.65. The number of hydrogen-bond acceptors (Lipinski definition) is 7. The molecule has 11 unspecified atom stereocenters. The monoisotopic (exact) mass is 726 g/mol. The van der Waals surface area contributed by atoms with Gasteiger partial charge in [0.1, 0.15) is 28.5 Å². The number of ether oxygens (including phenoxy) is 1. The fourth-order valence-corrected chi connectivity index (χ4v) is 13.5. The zero-order chi connectivity index (χ0) is 36.8. The number of carbonyl (C=O) groups excluding carboxylic acids is 1. The van der Waals surface area contributed by atoms with Crippen molar-refractivity contribution in [1.82, 2.24) is 0 Å². The van der Waals surface area contributed by atoms with Gasteiger partial charge in [0.15, 0.2) is 0 Å². The smallest absolute Gasteiger partial charge is 0.371 e. The first kappa shape index (κ1) is 35.7. The fraction of sp³-hybridized carbons (Fsp3) is 0.605. The number of esters is 1. The van der Waals surface area contributed by atoms with Crippen molar-refractivity contribution in [3.63, 3.8) is 0 Å². The van der Waals surface area contributed by atoms with Crippen molar-refractivity contribution in [3.05, 3.63) is 58.7 Å². The van der Waals surface area contributed by atoms with Crippen molar-refractivity contribution in [2.24, 2.45) is 34.5 Å². The Labute approximate surface area is 308 Å². The molecule has 276 valence electrons. The molecule has 0 saturated heterocycles. The van der Waals surface area contributed by atoms with Gasteiger partial charge in [-0.1, -0.05) is 37.8 Å². The molecule has 2 aromatic rings. The van der Waals surface area contributed by atoms with Crippen LogP contribution in [0.1, 0.15) is 112 Å². The van der Waals surface area contributed by atoms with Crippen molar-refractivity contribution in [1.29, 1.82) is 0 Å². The number of aryl methyl sites for hydroxylation is 2. The van der Waals surface area contributed by atoms with Gasteiger partial charge in [0.2, 0.25) is 6.04 Å². The zero-order valence-electron chi connectivity index (χ0n) is 30.4. The lowest BCUT2D eigenvalue weighted by atomic mass is 9.53. The molecule has 0 bridgehead atoms. The summed E-state index contributed by atoms with van der Waals surface area (Å²) in [5, 5.41) is 22.5. The van der Waals surface area contributed by atoms with Gasteiger partial charge in [-0.2, -0.15) is 8.42 Å². The van der Waals surface area contributed by atoms with Crippen molar-refractivity contribution in [2.45, 2.75) is 120 Å². The summed E-state index contributed by atoms with van der Waals surface area (Å²) in [6, 6.07) is 10.1. The highest BCUT2D eigenvalue weighted by atomic mass is 32.2. The predicted molar refractivity (Wildman–Crippen MR) is 196 cm³/mol. The van der Waals surface area contributed by atoms with Gasteiger partial charge in [-0.05, 0) is 159 Å².